The van der Waals surface area contributed by atoms with Crippen LogP contribution >= 0.6 is 11.8 Å². The van der Waals surface area contributed by atoms with Crippen LogP contribution in [-0.2, 0) is 0 Å². The van der Waals surface area contributed by atoms with Gasteiger partial charge in [-0.05, 0) is 36.6 Å². The number of hydrogen-bond donors (Lipinski definition) is 1. The first-order chi connectivity index (χ1) is 11.6. The standard InChI is InChI=1S/C18H15NO4S/c1-22-12-8-7-11-9-13(18(21)23-15(11)10-12)17(20)19-14-5-3-4-6-16(14)24-2/h3-10H,1-2H3,(H,19,20). The molecule has 1 aromatic heterocycles. The molecule has 0 spiro atoms. The Morgan fingerprint density at radius 1 is 1.17 bits per heavy atom. The number of anilines is 1. The number of ether oxygens (including phenoxy) is 1. The fourth-order valence-electron chi connectivity index (χ4n) is 2.31. The van der Waals surface area contributed by atoms with Crippen LogP contribution in [0.25, 0.3) is 11.0 Å². The number of benzene rings is 2. The highest BCUT2D eigenvalue weighted by atomic mass is 32.2. The number of carbonyl (C=O) groups is 1. The molecule has 1 amide bonds. The van der Waals surface area contributed by atoms with Gasteiger partial charge in [0, 0.05) is 16.3 Å². The maximum absolute atomic E-state index is 12.5. The Hall–Kier alpha value is -2.73. The molecule has 0 aliphatic heterocycles. The molecule has 6 heteroatoms. The molecule has 0 atom stereocenters. The minimum atomic E-state index is -0.685. The van der Waals surface area contributed by atoms with Gasteiger partial charge in [-0.15, -0.1) is 11.8 Å². The summed E-state index contributed by atoms with van der Waals surface area (Å²) in [5.74, 6) is 0.0831. The van der Waals surface area contributed by atoms with Gasteiger partial charge in [-0.2, -0.15) is 0 Å². The monoisotopic (exact) mass is 341 g/mol. The highest BCUT2D eigenvalue weighted by Gasteiger charge is 2.15. The van der Waals surface area contributed by atoms with Crippen molar-refractivity contribution in [3.63, 3.8) is 0 Å². The summed E-state index contributed by atoms with van der Waals surface area (Å²) in [6.45, 7) is 0. The summed E-state index contributed by atoms with van der Waals surface area (Å²) in [4.78, 5) is 25.5. The first-order valence-corrected chi connectivity index (χ1v) is 8.41. The highest BCUT2D eigenvalue weighted by molar-refractivity contribution is 7.98. The summed E-state index contributed by atoms with van der Waals surface area (Å²) < 4.78 is 10.3. The zero-order valence-corrected chi connectivity index (χ0v) is 14.0. The molecular formula is C18H15NO4S. The summed E-state index contributed by atoms with van der Waals surface area (Å²) in [7, 11) is 1.53. The number of methoxy groups -OCH3 is 1. The van der Waals surface area contributed by atoms with E-state index >= 15 is 0 Å². The molecule has 0 radical (unpaired) electrons. The van der Waals surface area contributed by atoms with Crippen molar-refractivity contribution < 1.29 is 13.9 Å². The van der Waals surface area contributed by atoms with Crippen LogP contribution in [0.2, 0.25) is 0 Å². The van der Waals surface area contributed by atoms with E-state index in [1.165, 1.54) is 24.9 Å². The Morgan fingerprint density at radius 2 is 1.96 bits per heavy atom. The average Bonchev–Trinajstić information content (AvgIpc) is 2.60. The number of rotatable bonds is 4. The second kappa shape index (κ2) is 6.80. The molecule has 24 heavy (non-hydrogen) atoms. The Balaban J connectivity index is 1.98. The van der Waals surface area contributed by atoms with Gasteiger partial charge in [0.05, 0.1) is 12.8 Å². The quantitative estimate of drug-likeness (QED) is 0.578. The summed E-state index contributed by atoms with van der Waals surface area (Å²) in [5.41, 5.74) is 0.308. The van der Waals surface area contributed by atoms with Crippen LogP contribution in [0.3, 0.4) is 0 Å². The van der Waals surface area contributed by atoms with Gasteiger partial charge in [0.2, 0.25) is 0 Å². The number of nitrogens with one attached hydrogen (secondary N) is 1. The number of amides is 1. The van der Waals surface area contributed by atoms with Crippen molar-refractivity contribution in [1.82, 2.24) is 0 Å². The van der Waals surface area contributed by atoms with Gasteiger partial charge in [0.1, 0.15) is 16.9 Å². The van der Waals surface area contributed by atoms with Crippen LogP contribution in [0.4, 0.5) is 5.69 Å². The van der Waals surface area contributed by atoms with E-state index in [-0.39, 0.29) is 5.56 Å². The van der Waals surface area contributed by atoms with E-state index in [9.17, 15) is 9.59 Å². The molecule has 3 aromatic rings. The van der Waals surface area contributed by atoms with Crippen LogP contribution in [0.1, 0.15) is 10.4 Å². The molecule has 0 unspecified atom stereocenters. The third kappa shape index (κ3) is 3.14. The average molecular weight is 341 g/mol. The number of hydrogen-bond acceptors (Lipinski definition) is 5. The summed E-state index contributed by atoms with van der Waals surface area (Å²) >= 11 is 1.51. The number of thioether (sulfide) groups is 1. The van der Waals surface area contributed by atoms with E-state index in [0.29, 0.717) is 22.4 Å². The zero-order chi connectivity index (χ0) is 17.1. The Labute approximate surface area is 142 Å². The maximum Gasteiger partial charge on any atom is 0.349 e. The minimum absolute atomic E-state index is 0.0384. The molecule has 2 aromatic carbocycles. The van der Waals surface area contributed by atoms with Crippen LogP contribution in [0, 0.1) is 0 Å². The third-order valence-electron chi connectivity index (χ3n) is 3.54. The molecule has 0 aliphatic rings. The molecule has 0 fully saturated rings. The zero-order valence-electron chi connectivity index (χ0n) is 13.2. The third-order valence-corrected chi connectivity index (χ3v) is 4.34. The van der Waals surface area contributed by atoms with Crippen molar-refractivity contribution in [1.29, 1.82) is 0 Å². The largest absolute Gasteiger partial charge is 0.497 e. The van der Waals surface area contributed by atoms with Gasteiger partial charge >= 0.3 is 5.63 Å². The molecule has 0 saturated heterocycles. The van der Waals surface area contributed by atoms with Gasteiger partial charge < -0.3 is 14.5 Å². The van der Waals surface area contributed by atoms with E-state index in [4.69, 9.17) is 9.15 Å². The molecule has 122 valence electrons. The first-order valence-electron chi connectivity index (χ1n) is 7.18. The van der Waals surface area contributed by atoms with Crippen molar-refractivity contribution in [2.75, 3.05) is 18.7 Å². The number of para-hydroxylation sites is 1. The minimum Gasteiger partial charge on any atom is -0.497 e. The normalized spacial score (nSPS) is 10.6. The molecular weight excluding hydrogens is 326 g/mol. The molecule has 1 heterocycles. The van der Waals surface area contributed by atoms with E-state index in [1.54, 1.807) is 24.3 Å². The molecule has 0 aliphatic carbocycles. The molecule has 0 bridgehead atoms. The van der Waals surface area contributed by atoms with E-state index in [1.807, 2.05) is 24.5 Å². The second-order valence-electron chi connectivity index (χ2n) is 5.01. The Morgan fingerprint density at radius 3 is 2.71 bits per heavy atom. The lowest BCUT2D eigenvalue weighted by Gasteiger charge is -2.09. The Bertz CT molecular complexity index is 965. The van der Waals surface area contributed by atoms with Crippen molar-refractivity contribution in [3.05, 3.63) is 64.5 Å². The van der Waals surface area contributed by atoms with E-state index in [0.717, 1.165) is 4.90 Å². The van der Waals surface area contributed by atoms with Crippen LogP contribution < -0.4 is 15.7 Å². The van der Waals surface area contributed by atoms with Gasteiger partial charge in [-0.25, -0.2) is 4.79 Å². The lowest BCUT2D eigenvalue weighted by Crippen LogP contribution is -2.20. The molecule has 1 N–H and O–H groups in total. The van der Waals surface area contributed by atoms with Crippen molar-refractivity contribution in [2.24, 2.45) is 0 Å². The smallest absolute Gasteiger partial charge is 0.349 e. The highest BCUT2D eigenvalue weighted by Crippen LogP contribution is 2.25. The summed E-state index contributed by atoms with van der Waals surface area (Å²) in [6.07, 6.45) is 1.92. The van der Waals surface area contributed by atoms with Crippen LogP contribution in [-0.4, -0.2) is 19.3 Å². The van der Waals surface area contributed by atoms with Gasteiger partial charge in [0.15, 0.2) is 0 Å². The van der Waals surface area contributed by atoms with Gasteiger partial charge in [0.25, 0.3) is 5.91 Å². The fourth-order valence-corrected chi connectivity index (χ4v) is 2.87. The van der Waals surface area contributed by atoms with Crippen molar-refractivity contribution in [3.8, 4) is 5.75 Å². The second-order valence-corrected chi connectivity index (χ2v) is 5.85. The maximum atomic E-state index is 12.5. The first kappa shape index (κ1) is 16.1. The van der Waals surface area contributed by atoms with Gasteiger partial charge in [-0.1, -0.05) is 12.1 Å². The lowest BCUT2D eigenvalue weighted by molar-refractivity contribution is 0.102. The number of carbonyl (C=O) groups excluding carboxylic acids is 1. The predicted octanol–water partition coefficient (Wildman–Crippen LogP) is 3.78. The molecule has 3 rings (SSSR count). The SMILES string of the molecule is COc1ccc2cc(C(=O)Nc3ccccc3SC)c(=O)oc2c1. The lowest BCUT2D eigenvalue weighted by atomic mass is 10.1. The summed E-state index contributed by atoms with van der Waals surface area (Å²) in [5, 5.41) is 3.41. The van der Waals surface area contributed by atoms with Crippen LogP contribution in [0.5, 0.6) is 5.75 Å². The van der Waals surface area contributed by atoms with Crippen molar-refractivity contribution in [2.45, 2.75) is 4.90 Å². The van der Waals surface area contributed by atoms with E-state index in [2.05, 4.69) is 5.32 Å². The van der Waals surface area contributed by atoms with Crippen LogP contribution in [0.15, 0.2) is 62.6 Å². The predicted molar refractivity (Wildman–Crippen MR) is 95.2 cm³/mol. The van der Waals surface area contributed by atoms with Gasteiger partial charge in [-0.3, -0.25) is 4.79 Å². The molecule has 5 nitrogen and oxygen atoms in total. The Kier molecular flexibility index (Phi) is 4.57. The van der Waals surface area contributed by atoms with Crippen molar-refractivity contribution >= 4 is 34.3 Å². The topological polar surface area (TPSA) is 68.5 Å². The van der Waals surface area contributed by atoms with E-state index < -0.39 is 11.5 Å². The molecule has 0 saturated carbocycles. The summed E-state index contributed by atoms with van der Waals surface area (Å²) in [6, 6.07) is 14.0. The number of fused-ring (bicyclic) bond motifs is 1. The fraction of sp³-hybridized carbons (Fsp3) is 0.111.